The van der Waals surface area contributed by atoms with E-state index in [0.717, 1.165) is 17.5 Å². The molecule has 1 N–H and O–H groups in total. The summed E-state index contributed by atoms with van der Waals surface area (Å²) in [6.45, 7) is 5.43. The summed E-state index contributed by atoms with van der Waals surface area (Å²) >= 11 is 0. The van der Waals surface area contributed by atoms with Crippen molar-refractivity contribution in [3.8, 4) is 5.75 Å². The van der Waals surface area contributed by atoms with Crippen LogP contribution in [0.15, 0.2) is 12.1 Å². The number of esters is 1. The van der Waals surface area contributed by atoms with Gasteiger partial charge in [0.1, 0.15) is 23.5 Å². The van der Waals surface area contributed by atoms with Crippen LogP contribution in [0.5, 0.6) is 5.75 Å². The Balaban J connectivity index is 2.04. The summed E-state index contributed by atoms with van der Waals surface area (Å²) in [6.07, 6.45) is 0.892. The van der Waals surface area contributed by atoms with E-state index in [4.69, 9.17) is 9.47 Å². The molecule has 0 aliphatic carbocycles. The number of cyclic esters (lactones) is 1. The molecule has 102 valence electrons. The number of carbonyl (C=O) groups excluding carboxylic acids is 1. The molecule has 0 amide bonds. The third kappa shape index (κ3) is 1.82. The molecule has 2 aliphatic rings. The van der Waals surface area contributed by atoms with Crippen LogP contribution in [0.1, 0.15) is 54.8 Å². The smallest absolute Gasteiger partial charge is 0.342 e. The first-order valence-electron chi connectivity index (χ1n) is 6.67. The molecule has 2 heterocycles. The third-order valence-electron chi connectivity index (χ3n) is 3.90. The normalized spacial score (nSPS) is 24.7. The van der Waals surface area contributed by atoms with Gasteiger partial charge in [0.15, 0.2) is 0 Å². The second-order valence-electron chi connectivity index (χ2n) is 5.78. The second kappa shape index (κ2) is 3.97. The first-order chi connectivity index (χ1) is 8.91. The summed E-state index contributed by atoms with van der Waals surface area (Å²) < 4.78 is 11.2. The van der Waals surface area contributed by atoms with Gasteiger partial charge in [-0.1, -0.05) is 19.1 Å². The molecular weight excluding hydrogens is 244 g/mol. The molecule has 2 atom stereocenters. The highest BCUT2D eigenvalue weighted by molar-refractivity contribution is 5.97. The zero-order valence-electron chi connectivity index (χ0n) is 11.4. The van der Waals surface area contributed by atoms with Gasteiger partial charge >= 0.3 is 5.97 Å². The summed E-state index contributed by atoms with van der Waals surface area (Å²) in [6, 6.07) is 3.92. The number of benzene rings is 1. The fraction of sp³-hybridized carbons (Fsp3) is 0.533. The summed E-state index contributed by atoms with van der Waals surface area (Å²) in [5.74, 6) is 0.292. The lowest BCUT2D eigenvalue weighted by Gasteiger charge is -2.24. The Labute approximate surface area is 112 Å². The van der Waals surface area contributed by atoms with Gasteiger partial charge in [-0.15, -0.1) is 0 Å². The maximum atomic E-state index is 12.0. The fourth-order valence-corrected chi connectivity index (χ4v) is 2.75. The molecule has 0 bridgehead atoms. The topological polar surface area (TPSA) is 55.8 Å². The van der Waals surface area contributed by atoms with Crippen molar-refractivity contribution < 1.29 is 19.4 Å². The van der Waals surface area contributed by atoms with E-state index < -0.39 is 5.60 Å². The lowest BCUT2D eigenvalue weighted by molar-refractivity contribution is -0.0233. The van der Waals surface area contributed by atoms with Crippen molar-refractivity contribution in [1.29, 1.82) is 0 Å². The number of hydrogen-bond donors (Lipinski definition) is 1. The highest BCUT2D eigenvalue weighted by atomic mass is 16.6. The van der Waals surface area contributed by atoms with Crippen LogP contribution >= 0.6 is 0 Å². The molecule has 2 unspecified atom stereocenters. The van der Waals surface area contributed by atoms with Gasteiger partial charge in [-0.2, -0.15) is 0 Å². The summed E-state index contributed by atoms with van der Waals surface area (Å²) in [5.41, 5.74) is 1.50. The van der Waals surface area contributed by atoms with Gasteiger partial charge in [-0.25, -0.2) is 4.79 Å². The average Bonchev–Trinajstić information content (AvgIpc) is 2.89. The molecule has 0 aromatic heterocycles. The number of rotatable bonds is 2. The molecule has 1 aromatic carbocycles. The number of fused-ring (bicyclic) bond motifs is 3. The van der Waals surface area contributed by atoms with Crippen molar-refractivity contribution in [3.05, 3.63) is 28.8 Å². The van der Waals surface area contributed by atoms with Gasteiger partial charge in [0.2, 0.25) is 0 Å². The maximum Gasteiger partial charge on any atom is 0.342 e. The molecule has 4 nitrogen and oxygen atoms in total. The lowest BCUT2D eigenvalue weighted by atomic mass is 9.95. The molecule has 19 heavy (non-hydrogen) atoms. The minimum absolute atomic E-state index is 0.169. The Morgan fingerprint density at radius 2 is 2.11 bits per heavy atom. The highest BCUT2D eigenvalue weighted by Crippen LogP contribution is 2.44. The Morgan fingerprint density at radius 1 is 1.37 bits per heavy atom. The molecular formula is C15H18O4. The van der Waals surface area contributed by atoms with Gasteiger partial charge < -0.3 is 14.6 Å². The average molecular weight is 262 g/mol. The Hall–Kier alpha value is -1.55. The number of hydrogen-bond acceptors (Lipinski definition) is 4. The van der Waals surface area contributed by atoms with Crippen LogP contribution in [-0.2, 0) is 11.2 Å². The molecule has 0 radical (unpaired) electrons. The van der Waals surface area contributed by atoms with E-state index in [0.29, 0.717) is 17.7 Å². The predicted octanol–water partition coefficient (Wildman–Crippen LogP) is 2.38. The van der Waals surface area contributed by atoms with E-state index in [1.54, 1.807) is 13.8 Å². The number of carbonyl (C=O) groups is 1. The summed E-state index contributed by atoms with van der Waals surface area (Å²) in [7, 11) is 0. The SMILES string of the molecule is CCC1OC(=O)c2c1ccc1c2OC(C(C)(C)O)C1. The molecule has 1 aromatic rings. The van der Waals surface area contributed by atoms with Crippen LogP contribution in [0.3, 0.4) is 0 Å². The van der Waals surface area contributed by atoms with Crippen LogP contribution in [0.2, 0.25) is 0 Å². The van der Waals surface area contributed by atoms with Crippen LogP contribution in [0, 0.1) is 0 Å². The standard InChI is InChI=1S/C15H18O4/c1-4-10-9-6-5-8-7-11(15(2,3)17)19-13(8)12(9)14(16)18-10/h5-6,10-11,17H,4,7H2,1-3H3. The number of ether oxygens (including phenoxy) is 2. The third-order valence-corrected chi connectivity index (χ3v) is 3.90. The Kier molecular flexibility index (Phi) is 2.61. The largest absolute Gasteiger partial charge is 0.486 e. The molecule has 3 rings (SSSR count). The van der Waals surface area contributed by atoms with Gasteiger partial charge in [0.05, 0.1) is 5.60 Å². The van der Waals surface area contributed by atoms with Crippen molar-refractivity contribution in [1.82, 2.24) is 0 Å². The summed E-state index contributed by atoms with van der Waals surface area (Å²) in [5, 5.41) is 10.1. The monoisotopic (exact) mass is 262 g/mol. The van der Waals surface area contributed by atoms with E-state index in [-0.39, 0.29) is 18.2 Å². The number of aliphatic hydroxyl groups is 1. The van der Waals surface area contributed by atoms with E-state index in [2.05, 4.69) is 0 Å². The molecule has 0 saturated carbocycles. The van der Waals surface area contributed by atoms with E-state index >= 15 is 0 Å². The zero-order valence-corrected chi connectivity index (χ0v) is 11.4. The zero-order chi connectivity index (χ0) is 13.8. The molecule has 4 heteroatoms. The second-order valence-corrected chi connectivity index (χ2v) is 5.78. The van der Waals surface area contributed by atoms with Crippen molar-refractivity contribution in [2.24, 2.45) is 0 Å². The van der Waals surface area contributed by atoms with Crippen molar-refractivity contribution >= 4 is 5.97 Å². The van der Waals surface area contributed by atoms with E-state index in [9.17, 15) is 9.90 Å². The van der Waals surface area contributed by atoms with Crippen LogP contribution in [-0.4, -0.2) is 22.8 Å². The maximum absolute atomic E-state index is 12.0. The first-order valence-corrected chi connectivity index (χ1v) is 6.67. The quantitative estimate of drug-likeness (QED) is 0.831. The first kappa shape index (κ1) is 12.5. The van der Waals surface area contributed by atoms with Crippen molar-refractivity contribution in [2.45, 2.75) is 51.4 Å². The highest BCUT2D eigenvalue weighted by Gasteiger charge is 2.41. The van der Waals surface area contributed by atoms with E-state index in [1.807, 2.05) is 19.1 Å². The minimum Gasteiger partial charge on any atom is -0.486 e. The Morgan fingerprint density at radius 3 is 2.74 bits per heavy atom. The van der Waals surface area contributed by atoms with Crippen LogP contribution in [0.25, 0.3) is 0 Å². The molecule has 2 aliphatic heterocycles. The van der Waals surface area contributed by atoms with Crippen molar-refractivity contribution in [3.63, 3.8) is 0 Å². The molecule has 0 fully saturated rings. The van der Waals surface area contributed by atoms with Crippen LogP contribution in [0.4, 0.5) is 0 Å². The molecule has 0 spiro atoms. The minimum atomic E-state index is -0.932. The summed E-state index contributed by atoms with van der Waals surface area (Å²) in [4.78, 5) is 12.0. The van der Waals surface area contributed by atoms with Crippen molar-refractivity contribution in [2.75, 3.05) is 0 Å². The fourth-order valence-electron chi connectivity index (χ4n) is 2.75. The van der Waals surface area contributed by atoms with Gasteiger partial charge in [-0.3, -0.25) is 0 Å². The van der Waals surface area contributed by atoms with Gasteiger partial charge in [-0.05, 0) is 25.8 Å². The Bertz CT molecular complexity index is 542. The predicted molar refractivity (Wildman–Crippen MR) is 69.3 cm³/mol. The lowest BCUT2D eigenvalue weighted by Crippen LogP contribution is -2.39. The van der Waals surface area contributed by atoms with Crippen LogP contribution < -0.4 is 4.74 Å². The molecule has 0 saturated heterocycles. The van der Waals surface area contributed by atoms with E-state index in [1.165, 1.54) is 0 Å². The van der Waals surface area contributed by atoms with Gasteiger partial charge in [0.25, 0.3) is 0 Å². The van der Waals surface area contributed by atoms with Gasteiger partial charge in [0, 0.05) is 12.0 Å².